The fourth-order valence-corrected chi connectivity index (χ4v) is 5.02. The first-order chi connectivity index (χ1) is 16.2. The number of piperazine rings is 1. The van der Waals surface area contributed by atoms with Crippen molar-refractivity contribution >= 4 is 17.3 Å². The van der Waals surface area contributed by atoms with Crippen molar-refractivity contribution < 1.29 is 9.53 Å². The second-order valence-corrected chi connectivity index (χ2v) is 9.13. The van der Waals surface area contributed by atoms with Gasteiger partial charge in [-0.1, -0.05) is 31.9 Å². The largest absolute Gasteiger partial charge is 0.497 e. The van der Waals surface area contributed by atoms with E-state index in [1.807, 2.05) is 24.3 Å². The maximum Gasteiger partial charge on any atom is 0.238 e. The van der Waals surface area contributed by atoms with Crippen LogP contribution >= 0.6 is 0 Å². The number of likely N-dealkylation sites (N-methyl/N-ethyl adjacent to an activating group) is 1. The van der Waals surface area contributed by atoms with Gasteiger partial charge in [0, 0.05) is 43.6 Å². The molecule has 0 spiro atoms. The van der Waals surface area contributed by atoms with Gasteiger partial charge in [-0.3, -0.25) is 9.69 Å². The molecule has 1 atom stereocenters. The molecule has 0 bridgehead atoms. The molecule has 2 saturated heterocycles. The number of carbonyl (C=O) groups excluding carboxylic acids is 1. The molecule has 1 N–H and O–H groups in total. The Morgan fingerprint density at radius 3 is 2.33 bits per heavy atom. The van der Waals surface area contributed by atoms with Crippen LogP contribution in [0.1, 0.15) is 44.2 Å². The van der Waals surface area contributed by atoms with Crippen molar-refractivity contribution in [2.45, 2.75) is 38.6 Å². The maximum atomic E-state index is 12.9. The zero-order chi connectivity index (χ0) is 23.0. The molecule has 2 aromatic rings. The van der Waals surface area contributed by atoms with E-state index in [0.717, 1.165) is 63.5 Å². The number of carbonyl (C=O) groups is 1. The zero-order valence-corrected chi connectivity index (χ0v) is 20.1. The Balaban J connectivity index is 1.35. The molecule has 33 heavy (non-hydrogen) atoms. The summed E-state index contributed by atoms with van der Waals surface area (Å²) in [6, 6.07) is 16.9. The monoisotopic (exact) mass is 450 g/mol. The molecule has 0 radical (unpaired) electrons. The van der Waals surface area contributed by atoms with Crippen LogP contribution in [0.2, 0.25) is 0 Å². The van der Waals surface area contributed by atoms with E-state index in [-0.39, 0.29) is 11.9 Å². The van der Waals surface area contributed by atoms with E-state index in [1.165, 1.54) is 24.1 Å². The SMILES string of the molecule is CCN1CCN(c2ccc(NC(=O)CN3CCCCC[C@@H]3c3ccc(OC)cc3)cc2)CC1. The van der Waals surface area contributed by atoms with Crippen molar-refractivity contribution in [1.82, 2.24) is 9.80 Å². The van der Waals surface area contributed by atoms with E-state index in [1.54, 1.807) is 7.11 Å². The van der Waals surface area contributed by atoms with Gasteiger partial charge < -0.3 is 19.9 Å². The standard InChI is InChI=1S/C27H38N4O2/c1-3-29-17-19-30(20-18-29)24-12-10-23(11-13-24)28-27(32)21-31-16-6-4-5-7-26(31)22-8-14-25(33-2)15-9-22/h8-15,26H,3-7,16-21H2,1-2H3,(H,28,32)/t26-/m1/s1. The van der Waals surface area contributed by atoms with Gasteiger partial charge in [0.15, 0.2) is 0 Å². The third-order valence-electron chi connectivity index (χ3n) is 7.05. The number of amides is 1. The molecule has 6 heteroatoms. The van der Waals surface area contributed by atoms with Crippen molar-refractivity contribution in [3.8, 4) is 5.75 Å². The first-order valence-electron chi connectivity index (χ1n) is 12.4. The summed E-state index contributed by atoms with van der Waals surface area (Å²) < 4.78 is 5.31. The highest BCUT2D eigenvalue weighted by molar-refractivity contribution is 5.92. The van der Waals surface area contributed by atoms with Gasteiger partial charge in [-0.2, -0.15) is 0 Å². The van der Waals surface area contributed by atoms with Crippen LogP contribution in [0.25, 0.3) is 0 Å². The Morgan fingerprint density at radius 2 is 1.67 bits per heavy atom. The van der Waals surface area contributed by atoms with E-state index < -0.39 is 0 Å². The van der Waals surface area contributed by atoms with Gasteiger partial charge in [0.05, 0.1) is 13.7 Å². The van der Waals surface area contributed by atoms with E-state index in [9.17, 15) is 4.79 Å². The molecule has 178 valence electrons. The number of likely N-dealkylation sites (tertiary alicyclic amines) is 1. The predicted molar refractivity (Wildman–Crippen MR) is 135 cm³/mol. The fourth-order valence-electron chi connectivity index (χ4n) is 5.02. The molecule has 2 aromatic carbocycles. The lowest BCUT2D eigenvalue weighted by Crippen LogP contribution is -2.46. The molecule has 0 saturated carbocycles. The molecule has 6 nitrogen and oxygen atoms in total. The Morgan fingerprint density at radius 1 is 0.939 bits per heavy atom. The van der Waals surface area contributed by atoms with E-state index in [4.69, 9.17) is 4.74 Å². The quantitative estimate of drug-likeness (QED) is 0.678. The molecular weight excluding hydrogens is 412 g/mol. The second kappa shape index (κ2) is 11.5. The summed E-state index contributed by atoms with van der Waals surface area (Å²) in [6.07, 6.45) is 4.64. The van der Waals surface area contributed by atoms with Crippen molar-refractivity contribution in [2.24, 2.45) is 0 Å². The number of nitrogens with zero attached hydrogens (tertiary/aromatic N) is 3. The van der Waals surface area contributed by atoms with E-state index in [0.29, 0.717) is 6.54 Å². The summed E-state index contributed by atoms with van der Waals surface area (Å²) in [5.74, 6) is 0.923. The molecule has 0 aromatic heterocycles. The zero-order valence-electron chi connectivity index (χ0n) is 20.1. The summed E-state index contributed by atoms with van der Waals surface area (Å²) >= 11 is 0. The highest BCUT2D eigenvalue weighted by Crippen LogP contribution is 2.31. The lowest BCUT2D eigenvalue weighted by atomic mass is 10.0. The van der Waals surface area contributed by atoms with Crippen molar-refractivity contribution in [3.63, 3.8) is 0 Å². The molecule has 2 aliphatic rings. The number of benzene rings is 2. The van der Waals surface area contributed by atoms with Crippen LogP contribution in [0, 0.1) is 0 Å². The smallest absolute Gasteiger partial charge is 0.238 e. The highest BCUT2D eigenvalue weighted by Gasteiger charge is 2.24. The number of hydrogen-bond donors (Lipinski definition) is 1. The first-order valence-corrected chi connectivity index (χ1v) is 12.4. The molecule has 2 fully saturated rings. The van der Waals surface area contributed by atoms with Crippen molar-refractivity contribution in [3.05, 3.63) is 54.1 Å². The Hall–Kier alpha value is -2.57. The highest BCUT2D eigenvalue weighted by atomic mass is 16.5. The topological polar surface area (TPSA) is 48.0 Å². The number of anilines is 2. The molecule has 2 heterocycles. The fraction of sp³-hybridized carbons (Fsp3) is 0.519. The summed E-state index contributed by atoms with van der Waals surface area (Å²) in [7, 11) is 1.69. The summed E-state index contributed by atoms with van der Waals surface area (Å²) in [5, 5.41) is 3.12. The van der Waals surface area contributed by atoms with Crippen LogP contribution in [0.3, 0.4) is 0 Å². The normalized spacial score (nSPS) is 20.3. The minimum atomic E-state index is 0.0553. The van der Waals surface area contributed by atoms with Gasteiger partial charge in [-0.05, 0) is 67.9 Å². The number of hydrogen-bond acceptors (Lipinski definition) is 5. The number of rotatable bonds is 7. The number of nitrogens with one attached hydrogen (secondary N) is 1. The number of methoxy groups -OCH3 is 1. The lowest BCUT2D eigenvalue weighted by molar-refractivity contribution is -0.117. The van der Waals surface area contributed by atoms with E-state index >= 15 is 0 Å². The van der Waals surface area contributed by atoms with Crippen LogP contribution in [0.5, 0.6) is 5.75 Å². The average molecular weight is 451 g/mol. The van der Waals surface area contributed by atoms with Crippen molar-refractivity contribution in [1.29, 1.82) is 0 Å². The summed E-state index contributed by atoms with van der Waals surface area (Å²) in [5.41, 5.74) is 3.36. The Kier molecular flexibility index (Phi) is 8.24. The van der Waals surface area contributed by atoms with Crippen LogP contribution in [-0.4, -0.2) is 68.6 Å². The van der Waals surface area contributed by atoms with Crippen molar-refractivity contribution in [2.75, 3.05) is 63.1 Å². The summed E-state index contributed by atoms with van der Waals surface area (Å²) in [6.45, 7) is 9.04. The predicted octanol–water partition coefficient (Wildman–Crippen LogP) is 4.39. The third kappa shape index (κ3) is 6.27. The van der Waals surface area contributed by atoms with Gasteiger partial charge in [0.25, 0.3) is 0 Å². The first kappa shape index (κ1) is 23.6. The van der Waals surface area contributed by atoms with Crippen LogP contribution in [0.4, 0.5) is 11.4 Å². The second-order valence-electron chi connectivity index (χ2n) is 9.13. The average Bonchev–Trinajstić information content (AvgIpc) is 3.10. The molecule has 0 unspecified atom stereocenters. The Bertz CT molecular complexity index is 876. The lowest BCUT2D eigenvalue weighted by Gasteiger charge is -2.35. The minimum Gasteiger partial charge on any atom is -0.497 e. The molecule has 1 amide bonds. The van der Waals surface area contributed by atoms with Crippen LogP contribution < -0.4 is 15.0 Å². The molecular formula is C27H38N4O2. The summed E-state index contributed by atoms with van der Waals surface area (Å²) in [4.78, 5) is 20.2. The van der Waals surface area contributed by atoms with Gasteiger partial charge in [-0.15, -0.1) is 0 Å². The van der Waals surface area contributed by atoms with Gasteiger partial charge in [-0.25, -0.2) is 0 Å². The van der Waals surface area contributed by atoms with Crippen LogP contribution in [-0.2, 0) is 4.79 Å². The number of ether oxygens (including phenoxy) is 1. The molecule has 4 rings (SSSR count). The molecule has 2 aliphatic heterocycles. The van der Waals surface area contributed by atoms with Crippen LogP contribution in [0.15, 0.2) is 48.5 Å². The minimum absolute atomic E-state index is 0.0553. The van der Waals surface area contributed by atoms with Gasteiger partial charge in [0.2, 0.25) is 5.91 Å². The van der Waals surface area contributed by atoms with E-state index in [2.05, 4.69) is 51.2 Å². The maximum absolute atomic E-state index is 12.9. The van der Waals surface area contributed by atoms with Gasteiger partial charge in [0.1, 0.15) is 5.75 Å². The van der Waals surface area contributed by atoms with Gasteiger partial charge >= 0.3 is 0 Å². The Labute approximate surface area is 198 Å². The third-order valence-corrected chi connectivity index (χ3v) is 7.05. The molecule has 0 aliphatic carbocycles.